The van der Waals surface area contributed by atoms with Crippen LogP contribution in [0, 0.1) is 5.41 Å². The zero-order valence-corrected chi connectivity index (χ0v) is 12.9. The molecule has 7 nitrogen and oxygen atoms in total. The van der Waals surface area contributed by atoms with Crippen LogP contribution in [-0.4, -0.2) is 43.0 Å². The van der Waals surface area contributed by atoms with Gasteiger partial charge in [0.15, 0.2) is 0 Å². The third kappa shape index (κ3) is 3.68. The largest absolute Gasteiger partial charge is 0.396 e. The molecule has 114 valence electrons. The van der Waals surface area contributed by atoms with Crippen LogP contribution in [0.15, 0.2) is 18.5 Å². The highest BCUT2D eigenvalue weighted by Crippen LogP contribution is 2.25. The van der Waals surface area contributed by atoms with Crippen LogP contribution in [0.3, 0.4) is 0 Å². The second-order valence-corrected chi connectivity index (χ2v) is 5.24. The Morgan fingerprint density at radius 3 is 2.62 bits per heavy atom. The van der Waals surface area contributed by atoms with Crippen molar-refractivity contribution in [2.75, 3.05) is 18.5 Å². The molecule has 2 aromatic rings. The number of hydrogen-bond donors (Lipinski definition) is 2. The predicted molar refractivity (Wildman–Crippen MR) is 80.5 cm³/mol. The Hall–Kier alpha value is -1.73. The maximum Gasteiger partial charge on any atom is 0.256 e. The maximum atomic E-state index is 9.58. The van der Waals surface area contributed by atoms with E-state index in [1.165, 1.54) is 4.68 Å². The van der Waals surface area contributed by atoms with E-state index in [-0.39, 0.29) is 17.3 Å². The van der Waals surface area contributed by atoms with Gasteiger partial charge in [-0.25, -0.2) is 4.68 Å². The summed E-state index contributed by atoms with van der Waals surface area (Å²) in [5, 5.41) is 16.9. The number of nitrogens with zero attached hydrogens (tertiary/aromatic N) is 5. The fourth-order valence-corrected chi connectivity index (χ4v) is 2.11. The van der Waals surface area contributed by atoms with Crippen LogP contribution in [0.4, 0.5) is 5.95 Å². The number of halogens is 1. The average molecular weight is 311 g/mol. The summed E-state index contributed by atoms with van der Waals surface area (Å²) >= 11 is 5.93. The lowest BCUT2D eigenvalue weighted by Crippen LogP contribution is -2.32. The zero-order chi connectivity index (χ0) is 15.3. The van der Waals surface area contributed by atoms with E-state index in [2.05, 4.69) is 39.2 Å². The molecule has 0 atom stereocenters. The van der Waals surface area contributed by atoms with Gasteiger partial charge in [-0.1, -0.05) is 13.8 Å². The first kappa shape index (κ1) is 15.7. The summed E-state index contributed by atoms with van der Waals surface area (Å²) in [6, 6.07) is 1.77. The molecule has 2 rings (SSSR count). The third-order valence-electron chi connectivity index (χ3n) is 3.76. The fourth-order valence-electron chi connectivity index (χ4n) is 1.95. The van der Waals surface area contributed by atoms with E-state index in [1.807, 2.05) is 0 Å². The minimum atomic E-state index is -0.190. The van der Waals surface area contributed by atoms with Gasteiger partial charge in [-0.2, -0.15) is 20.1 Å². The maximum absolute atomic E-state index is 9.58. The van der Waals surface area contributed by atoms with Crippen LogP contribution >= 0.6 is 11.6 Å². The molecule has 2 heterocycles. The molecule has 0 radical (unpaired) electrons. The number of nitrogens with one attached hydrogen (secondary N) is 1. The molecule has 0 aliphatic carbocycles. The molecule has 0 saturated heterocycles. The van der Waals surface area contributed by atoms with Crippen LogP contribution in [0.2, 0.25) is 5.28 Å². The molecule has 0 fully saturated rings. The molecule has 8 heteroatoms. The van der Waals surface area contributed by atoms with Gasteiger partial charge in [-0.15, -0.1) is 0 Å². The van der Waals surface area contributed by atoms with E-state index in [0.717, 1.165) is 12.8 Å². The Kier molecular flexibility index (Phi) is 5.08. The summed E-state index contributed by atoms with van der Waals surface area (Å²) in [4.78, 5) is 12.4. The monoisotopic (exact) mass is 310 g/mol. The Morgan fingerprint density at radius 2 is 2.05 bits per heavy atom. The highest BCUT2D eigenvalue weighted by atomic mass is 35.5. The van der Waals surface area contributed by atoms with E-state index in [4.69, 9.17) is 11.6 Å². The number of aliphatic hydroxyl groups is 1. The van der Waals surface area contributed by atoms with Crippen LogP contribution in [0.1, 0.15) is 26.7 Å². The lowest BCUT2D eigenvalue weighted by Gasteiger charge is -2.29. The summed E-state index contributed by atoms with van der Waals surface area (Å²) in [6.07, 6.45) is 5.08. The minimum absolute atomic E-state index is 0.0978. The molecule has 0 aliphatic rings. The minimum Gasteiger partial charge on any atom is -0.396 e. The molecular weight excluding hydrogens is 292 g/mol. The lowest BCUT2D eigenvalue weighted by atomic mass is 9.83. The zero-order valence-electron chi connectivity index (χ0n) is 12.1. The van der Waals surface area contributed by atoms with Crippen molar-refractivity contribution in [2.45, 2.75) is 26.7 Å². The molecule has 0 unspecified atom stereocenters. The molecule has 2 aromatic heterocycles. The number of aromatic nitrogens is 5. The van der Waals surface area contributed by atoms with Gasteiger partial charge in [0, 0.05) is 24.4 Å². The van der Waals surface area contributed by atoms with E-state index < -0.39 is 0 Å². The van der Waals surface area contributed by atoms with Gasteiger partial charge in [0.25, 0.3) is 5.95 Å². The van der Waals surface area contributed by atoms with E-state index in [9.17, 15) is 5.11 Å². The van der Waals surface area contributed by atoms with Gasteiger partial charge in [0.2, 0.25) is 11.2 Å². The van der Waals surface area contributed by atoms with Crippen LogP contribution in [-0.2, 0) is 0 Å². The first-order valence-corrected chi connectivity index (χ1v) is 7.26. The summed E-state index contributed by atoms with van der Waals surface area (Å²) in [6.45, 7) is 4.78. The summed E-state index contributed by atoms with van der Waals surface area (Å²) in [5.41, 5.74) is -0.190. The lowest BCUT2D eigenvalue weighted by molar-refractivity contribution is 0.127. The van der Waals surface area contributed by atoms with Gasteiger partial charge >= 0.3 is 0 Å². The molecule has 0 bridgehead atoms. The van der Waals surface area contributed by atoms with Crippen molar-refractivity contribution in [3.8, 4) is 5.95 Å². The van der Waals surface area contributed by atoms with Crippen molar-refractivity contribution in [3.63, 3.8) is 0 Å². The molecule has 2 N–H and O–H groups in total. The molecule has 0 aliphatic heterocycles. The highest BCUT2D eigenvalue weighted by molar-refractivity contribution is 6.28. The Balaban J connectivity index is 2.17. The Bertz CT molecular complexity index is 562. The van der Waals surface area contributed by atoms with Gasteiger partial charge in [-0.3, -0.25) is 0 Å². The standard InChI is InChI=1S/C13H19ClN6O/c1-3-13(4-2,9-21)8-15-11-17-10(14)18-12(19-11)20-7-5-6-16-20/h5-7,21H,3-4,8-9H2,1-2H3,(H,15,17,18,19). The summed E-state index contributed by atoms with van der Waals surface area (Å²) in [7, 11) is 0. The van der Waals surface area contributed by atoms with Gasteiger partial charge < -0.3 is 10.4 Å². The number of rotatable bonds is 7. The quantitative estimate of drug-likeness (QED) is 0.812. The Labute approximate surface area is 128 Å². The van der Waals surface area contributed by atoms with Gasteiger partial charge in [-0.05, 0) is 30.5 Å². The first-order chi connectivity index (χ1) is 10.1. The van der Waals surface area contributed by atoms with E-state index in [1.54, 1.807) is 18.5 Å². The fraction of sp³-hybridized carbons (Fsp3) is 0.538. The molecule has 0 aromatic carbocycles. The summed E-state index contributed by atoms with van der Waals surface area (Å²) in [5.74, 6) is 0.727. The normalized spacial score (nSPS) is 11.6. The van der Waals surface area contributed by atoms with Crippen molar-refractivity contribution in [1.82, 2.24) is 24.7 Å². The summed E-state index contributed by atoms with van der Waals surface area (Å²) < 4.78 is 1.51. The molecule has 0 spiro atoms. The SMILES string of the molecule is CCC(CC)(CO)CNc1nc(Cl)nc(-n2cccn2)n1. The second-order valence-electron chi connectivity index (χ2n) is 4.90. The van der Waals surface area contributed by atoms with Crippen molar-refractivity contribution >= 4 is 17.5 Å². The smallest absolute Gasteiger partial charge is 0.256 e. The predicted octanol–water partition coefficient (Wildman–Crippen LogP) is 1.92. The van der Waals surface area contributed by atoms with Crippen LogP contribution in [0.25, 0.3) is 5.95 Å². The topological polar surface area (TPSA) is 88.8 Å². The molecular formula is C13H19ClN6O. The molecule has 0 saturated carbocycles. The average Bonchev–Trinajstić information content (AvgIpc) is 3.03. The number of aliphatic hydroxyl groups excluding tert-OH is 1. The van der Waals surface area contributed by atoms with Gasteiger partial charge in [0.1, 0.15) is 0 Å². The van der Waals surface area contributed by atoms with Crippen molar-refractivity contribution in [2.24, 2.45) is 5.41 Å². The number of hydrogen-bond acceptors (Lipinski definition) is 6. The van der Waals surface area contributed by atoms with Crippen molar-refractivity contribution in [3.05, 3.63) is 23.7 Å². The Morgan fingerprint density at radius 1 is 1.29 bits per heavy atom. The van der Waals surface area contributed by atoms with Crippen molar-refractivity contribution in [1.29, 1.82) is 0 Å². The molecule has 21 heavy (non-hydrogen) atoms. The van der Waals surface area contributed by atoms with Crippen LogP contribution < -0.4 is 5.32 Å². The second kappa shape index (κ2) is 6.82. The van der Waals surface area contributed by atoms with E-state index >= 15 is 0 Å². The van der Waals surface area contributed by atoms with Crippen molar-refractivity contribution < 1.29 is 5.11 Å². The number of anilines is 1. The van der Waals surface area contributed by atoms with Gasteiger partial charge in [0.05, 0.1) is 6.61 Å². The van der Waals surface area contributed by atoms with E-state index in [0.29, 0.717) is 18.4 Å². The highest BCUT2D eigenvalue weighted by Gasteiger charge is 2.25. The third-order valence-corrected chi connectivity index (χ3v) is 3.93. The molecule has 0 amide bonds. The van der Waals surface area contributed by atoms with Crippen LogP contribution in [0.5, 0.6) is 0 Å². The first-order valence-electron chi connectivity index (χ1n) is 6.89.